The third-order valence-corrected chi connectivity index (χ3v) is 7.71. The van der Waals surface area contributed by atoms with Crippen molar-refractivity contribution in [1.82, 2.24) is 30.6 Å². The minimum Gasteiger partial charge on any atom is -0.481 e. The van der Waals surface area contributed by atoms with Crippen LogP contribution in [0.3, 0.4) is 0 Å². The average Bonchev–Trinajstić information content (AvgIpc) is 3.55. The number of nitro groups is 3. The molecule has 0 bridgehead atoms. The Morgan fingerprint density at radius 1 is 0.524 bits per heavy atom. The van der Waals surface area contributed by atoms with Gasteiger partial charge in [0.1, 0.15) is 10.8 Å². The predicted molar refractivity (Wildman–Crippen MR) is 218 cm³/mol. The Kier molecular flexibility index (Phi) is 15.7. The lowest BCUT2D eigenvalue weighted by Gasteiger charge is -1.97. The fourth-order valence-electron chi connectivity index (χ4n) is 5.25. The second kappa shape index (κ2) is 20.8. The van der Waals surface area contributed by atoms with Crippen LogP contribution in [0.15, 0.2) is 102 Å². The summed E-state index contributed by atoms with van der Waals surface area (Å²) in [6.07, 6.45) is 0. The van der Waals surface area contributed by atoms with Crippen molar-refractivity contribution in [3.63, 3.8) is 0 Å². The highest BCUT2D eigenvalue weighted by molar-refractivity contribution is 6.16. The van der Waals surface area contributed by atoms with E-state index in [-0.39, 0.29) is 60.6 Å². The molecule has 3 aromatic heterocycles. The molecule has 0 amide bonds. The van der Waals surface area contributed by atoms with Crippen LogP contribution in [0.1, 0.15) is 27.6 Å². The molecule has 28 nitrogen and oxygen atoms in total. The third-order valence-electron chi connectivity index (χ3n) is 7.71. The normalized spacial score (nSPS) is 10.7. The number of aromatic nitrogens is 6. The van der Waals surface area contributed by atoms with Crippen molar-refractivity contribution in [3.8, 4) is 0 Å². The van der Waals surface area contributed by atoms with Gasteiger partial charge in [0.25, 0.3) is 56.4 Å². The number of carbonyl (C=O) groups is 3. The van der Waals surface area contributed by atoms with Gasteiger partial charge in [-0.05, 0) is 30.3 Å². The second-order valence-electron chi connectivity index (χ2n) is 11.6. The van der Waals surface area contributed by atoms with Gasteiger partial charge in [-0.2, -0.15) is 0 Å². The van der Waals surface area contributed by atoms with Crippen molar-refractivity contribution in [3.05, 3.63) is 176 Å². The molecule has 0 radical (unpaired) electrons. The fraction of sp³-hybridized carbons (Fsp3) is 0.0571. The molecule has 0 saturated carbocycles. The zero-order valence-electron chi connectivity index (χ0n) is 31.8. The Labute approximate surface area is 343 Å². The summed E-state index contributed by atoms with van der Waals surface area (Å²) < 4.78 is 4.24. The number of aliphatic hydroxyl groups excluding tert-OH is 1. The van der Waals surface area contributed by atoms with Gasteiger partial charge in [-0.3, -0.25) is 94.5 Å². The topological polar surface area (TPSA) is 453 Å². The first kappa shape index (κ1) is 47.6. The van der Waals surface area contributed by atoms with Crippen LogP contribution < -0.4 is 39.1 Å². The molecule has 0 fully saturated rings. The predicted octanol–water partition coefficient (Wildman–Crippen LogP) is 0.653. The number of fused-ring (bicyclic) bond motifs is 4. The summed E-state index contributed by atoms with van der Waals surface area (Å²) in [6.45, 7) is 1.08. The lowest BCUT2D eigenvalue weighted by atomic mass is 10.1. The van der Waals surface area contributed by atoms with E-state index < -0.39 is 60.6 Å². The molecule has 4 aromatic carbocycles. The number of nitro benzene ring substituents is 3. The SMILES string of the molecule is CC(=O)O.CO.Nc1cccc2c(=O)[nH][nH]c(=O)c12.O=C1OC(=O)c2c1cccc2[N+](=O)[O-].O=c1[nH][nH]c(=O)c2c([N+](=O)[O-])cccc12.O=c1[nH][nH]c(=O)c2c([N+](=O)[O-])cccc12. The molecule has 7 aromatic rings. The van der Waals surface area contributed by atoms with Gasteiger partial charge in [-0.15, -0.1) is 0 Å². The number of rotatable bonds is 3. The lowest BCUT2D eigenvalue weighted by molar-refractivity contribution is -0.385. The summed E-state index contributed by atoms with van der Waals surface area (Å²) in [5.41, 5.74) is 1.18. The zero-order chi connectivity index (χ0) is 47.3. The number of H-pyrrole nitrogens is 6. The Morgan fingerprint density at radius 3 is 1.22 bits per heavy atom. The van der Waals surface area contributed by atoms with Crippen molar-refractivity contribution in [2.75, 3.05) is 12.8 Å². The molecule has 63 heavy (non-hydrogen) atoms. The monoisotopic (exact) mass is 876 g/mol. The highest BCUT2D eigenvalue weighted by Crippen LogP contribution is 2.28. The number of aliphatic hydroxyl groups is 1. The number of carbonyl (C=O) groups excluding carboxylic acids is 2. The van der Waals surface area contributed by atoms with E-state index in [1.807, 2.05) is 10.2 Å². The van der Waals surface area contributed by atoms with Gasteiger partial charge in [-0.1, -0.05) is 24.3 Å². The number of hydrogen-bond acceptors (Lipinski definition) is 18. The summed E-state index contributed by atoms with van der Waals surface area (Å²) in [6, 6.07) is 16.3. The molecular formula is C35H28N10O18. The summed E-state index contributed by atoms with van der Waals surface area (Å²) in [5, 5.41) is 59.0. The van der Waals surface area contributed by atoms with Crippen molar-refractivity contribution >= 4 is 73.0 Å². The number of cyclic esters (lactones) is 2. The van der Waals surface area contributed by atoms with E-state index >= 15 is 0 Å². The van der Waals surface area contributed by atoms with E-state index in [0.29, 0.717) is 11.1 Å². The minimum atomic E-state index is -0.961. The average molecular weight is 877 g/mol. The van der Waals surface area contributed by atoms with Crippen LogP contribution in [0, 0.1) is 30.3 Å². The number of carboxylic acids is 1. The maximum absolute atomic E-state index is 11.3. The first-order valence-corrected chi connectivity index (χ1v) is 16.7. The van der Waals surface area contributed by atoms with Gasteiger partial charge >= 0.3 is 11.9 Å². The number of nitrogen functional groups attached to an aromatic ring is 1. The van der Waals surface area contributed by atoms with E-state index in [9.17, 15) is 68.7 Å². The van der Waals surface area contributed by atoms with Crippen molar-refractivity contribution in [1.29, 1.82) is 0 Å². The molecule has 10 N–H and O–H groups in total. The summed E-state index contributed by atoms with van der Waals surface area (Å²) >= 11 is 0. The minimum absolute atomic E-state index is 0.00736. The quantitative estimate of drug-likeness (QED) is 0.0387. The molecule has 8 rings (SSSR count). The molecule has 0 spiro atoms. The fourth-order valence-corrected chi connectivity index (χ4v) is 5.25. The van der Waals surface area contributed by atoms with Gasteiger partial charge in [0.15, 0.2) is 5.56 Å². The standard InChI is InChI=1S/2C8H5N3O4.C8H7N3O2.C8H3NO5.C2H4O2.CH4O/c2*12-7-4-2-1-3-5(11(14)15)6(4)8(13)10-9-7;9-5-3-1-2-4-6(5)8(13)11-10-7(4)12;10-7-4-2-1-3-5(9(12)13)6(4)8(11)14-7;1-2(3)4;1-2/h2*1-3H,(H,9,12)(H,10,13);1-3H,9H2,(H,10,12)(H,11,13);1-3H;1H3,(H,3,4);2H,1H3. The third kappa shape index (κ3) is 11.1. The number of anilines is 1. The number of non-ortho nitro benzene ring substituents is 2. The number of esters is 2. The van der Waals surface area contributed by atoms with Gasteiger partial charge in [0.2, 0.25) is 0 Å². The van der Waals surface area contributed by atoms with Gasteiger partial charge in [0.05, 0.1) is 41.9 Å². The second-order valence-corrected chi connectivity index (χ2v) is 11.6. The Bertz CT molecular complexity index is 3190. The van der Waals surface area contributed by atoms with Crippen molar-refractivity contribution in [2.45, 2.75) is 6.92 Å². The van der Waals surface area contributed by atoms with E-state index in [0.717, 1.165) is 20.1 Å². The molecular weight excluding hydrogens is 848 g/mol. The number of aromatic amines is 6. The number of nitrogens with one attached hydrogen (secondary N) is 6. The van der Waals surface area contributed by atoms with Crippen LogP contribution in [0.5, 0.6) is 0 Å². The van der Waals surface area contributed by atoms with E-state index in [2.05, 4.69) is 25.1 Å². The van der Waals surface area contributed by atoms with Crippen LogP contribution in [-0.4, -0.2) is 80.6 Å². The molecule has 1 aliphatic heterocycles. The molecule has 326 valence electrons. The van der Waals surface area contributed by atoms with Gasteiger partial charge in [-0.25, -0.2) is 9.59 Å². The number of carboxylic acid groups (broad SMARTS) is 1. The number of nitrogens with two attached hydrogens (primary N) is 1. The van der Waals surface area contributed by atoms with Crippen LogP contribution in [0.2, 0.25) is 0 Å². The Balaban J connectivity index is 0.000000215. The molecule has 0 unspecified atom stereocenters. The zero-order valence-corrected chi connectivity index (χ0v) is 31.8. The maximum atomic E-state index is 11.3. The Morgan fingerprint density at radius 2 is 0.841 bits per heavy atom. The molecule has 1 aliphatic rings. The summed E-state index contributed by atoms with van der Waals surface area (Å²) in [7, 11) is 1.00. The number of nitrogens with zero attached hydrogens (tertiary/aromatic N) is 3. The molecule has 0 saturated heterocycles. The molecule has 28 heteroatoms. The number of benzene rings is 4. The van der Waals surface area contributed by atoms with Crippen LogP contribution >= 0.6 is 0 Å². The van der Waals surface area contributed by atoms with Crippen molar-refractivity contribution < 1.29 is 44.1 Å². The summed E-state index contributed by atoms with van der Waals surface area (Å²) in [5.74, 6) is -2.63. The Hall–Kier alpha value is -9.73. The van der Waals surface area contributed by atoms with E-state index in [1.54, 1.807) is 18.2 Å². The number of hydrogen-bond donors (Lipinski definition) is 9. The van der Waals surface area contributed by atoms with E-state index in [1.165, 1.54) is 48.5 Å². The number of ether oxygens (including phenoxy) is 1. The van der Waals surface area contributed by atoms with Gasteiger partial charge in [0, 0.05) is 37.9 Å². The number of aliphatic carboxylic acids is 1. The largest absolute Gasteiger partial charge is 0.481 e. The maximum Gasteiger partial charge on any atom is 0.353 e. The van der Waals surface area contributed by atoms with E-state index in [4.69, 9.17) is 20.7 Å². The molecule has 0 aliphatic carbocycles. The molecule has 0 atom stereocenters. The lowest BCUT2D eigenvalue weighted by Crippen LogP contribution is -2.19. The first-order chi connectivity index (χ1) is 29.8. The van der Waals surface area contributed by atoms with Crippen LogP contribution in [-0.2, 0) is 9.53 Å². The van der Waals surface area contributed by atoms with Crippen LogP contribution in [0.25, 0.3) is 32.3 Å². The highest BCUT2D eigenvalue weighted by Gasteiger charge is 2.36. The molecule has 4 heterocycles. The first-order valence-electron chi connectivity index (χ1n) is 16.7. The van der Waals surface area contributed by atoms with Crippen LogP contribution in [0.4, 0.5) is 22.7 Å². The highest BCUT2D eigenvalue weighted by atomic mass is 16.6. The van der Waals surface area contributed by atoms with Crippen molar-refractivity contribution in [2.24, 2.45) is 0 Å². The van der Waals surface area contributed by atoms with Gasteiger partial charge < -0.3 is 20.7 Å². The smallest absolute Gasteiger partial charge is 0.353 e. The summed E-state index contributed by atoms with van der Waals surface area (Å²) in [4.78, 5) is 128.